The van der Waals surface area contributed by atoms with Gasteiger partial charge >= 0.3 is 0 Å². The van der Waals surface area contributed by atoms with Crippen LogP contribution in [0.4, 0.5) is 0 Å². The molecule has 0 radical (unpaired) electrons. The van der Waals surface area contributed by atoms with Gasteiger partial charge in [-0.05, 0) is 48.7 Å². The lowest BCUT2D eigenvalue weighted by Crippen LogP contribution is -1.82. The van der Waals surface area contributed by atoms with Gasteiger partial charge in [-0.25, -0.2) is 0 Å². The fourth-order valence-electron chi connectivity index (χ4n) is 2.18. The Morgan fingerprint density at radius 3 is 2.50 bits per heavy atom. The molecule has 0 aliphatic carbocycles. The van der Waals surface area contributed by atoms with Crippen molar-refractivity contribution in [1.29, 1.82) is 0 Å². The maximum atomic E-state index is 6.08. The Balaban J connectivity index is 2.19. The zero-order valence-corrected chi connectivity index (χ0v) is 12.7. The van der Waals surface area contributed by atoms with Gasteiger partial charge in [-0.1, -0.05) is 11.6 Å². The van der Waals surface area contributed by atoms with E-state index in [1.54, 1.807) is 18.9 Å². The Hall–Kier alpha value is -1.58. The van der Waals surface area contributed by atoms with Crippen molar-refractivity contribution < 1.29 is 9.15 Å². The first-order chi connectivity index (χ1) is 9.72. The number of furan rings is 1. The number of hydrogen-bond acceptors (Lipinski definition) is 3. The molecular formula is C16H13ClO2S. The molecule has 1 aromatic heterocycles. The van der Waals surface area contributed by atoms with Gasteiger partial charge in [0.1, 0.15) is 17.1 Å². The molecule has 0 unspecified atom stereocenters. The minimum Gasteiger partial charge on any atom is -0.497 e. The van der Waals surface area contributed by atoms with E-state index >= 15 is 0 Å². The molecule has 0 N–H and O–H groups in total. The lowest BCUT2D eigenvalue weighted by molar-refractivity contribution is 0.415. The molecule has 2 nitrogen and oxygen atoms in total. The molecule has 20 heavy (non-hydrogen) atoms. The van der Waals surface area contributed by atoms with E-state index < -0.39 is 0 Å². The molecule has 0 saturated heterocycles. The number of thioether (sulfide) groups is 1. The number of fused-ring (bicyclic) bond motifs is 1. The summed E-state index contributed by atoms with van der Waals surface area (Å²) >= 11 is 7.74. The summed E-state index contributed by atoms with van der Waals surface area (Å²) in [6.45, 7) is 0. The quantitative estimate of drug-likeness (QED) is 0.598. The largest absolute Gasteiger partial charge is 0.497 e. The summed E-state index contributed by atoms with van der Waals surface area (Å²) in [6, 6.07) is 13.5. The van der Waals surface area contributed by atoms with Gasteiger partial charge in [0, 0.05) is 16.0 Å². The summed E-state index contributed by atoms with van der Waals surface area (Å²) in [6.07, 6.45) is 2.04. The number of benzene rings is 2. The van der Waals surface area contributed by atoms with Gasteiger partial charge in [0.15, 0.2) is 0 Å². The molecule has 0 saturated carbocycles. The Labute approximate surface area is 126 Å². The lowest BCUT2D eigenvalue weighted by Gasteiger charge is -2.02. The third-order valence-electron chi connectivity index (χ3n) is 3.16. The molecule has 0 aliphatic heterocycles. The molecule has 0 bridgehead atoms. The van der Waals surface area contributed by atoms with Crippen LogP contribution in [0.3, 0.4) is 0 Å². The Kier molecular flexibility index (Phi) is 3.64. The summed E-state index contributed by atoms with van der Waals surface area (Å²) in [5.41, 5.74) is 1.88. The van der Waals surface area contributed by atoms with Crippen molar-refractivity contribution in [3.05, 3.63) is 47.5 Å². The summed E-state index contributed by atoms with van der Waals surface area (Å²) in [7, 11) is 1.66. The average Bonchev–Trinajstić information content (AvgIpc) is 2.85. The third kappa shape index (κ3) is 2.28. The van der Waals surface area contributed by atoms with Crippen LogP contribution in [-0.4, -0.2) is 13.4 Å². The highest BCUT2D eigenvalue weighted by atomic mass is 35.5. The van der Waals surface area contributed by atoms with E-state index in [-0.39, 0.29) is 0 Å². The van der Waals surface area contributed by atoms with Crippen molar-refractivity contribution in [3.8, 4) is 17.1 Å². The molecule has 0 atom stereocenters. The molecular weight excluding hydrogens is 292 g/mol. The molecule has 0 spiro atoms. The van der Waals surface area contributed by atoms with E-state index in [0.29, 0.717) is 0 Å². The highest BCUT2D eigenvalue weighted by Crippen LogP contribution is 2.40. The molecule has 0 amide bonds. The summed E-state index contributed by atoms with van der Waals surface area (Å²) in [4.78, 5) is 1.10. The summed E-state index contributed by atoms with van der Waals surface area (Å²) in [5.74, 6) is 1.70. The van der Waals surface area contributed by atoms with Crippen molar-refractivity contribution in [2.24, 2.45) is 0 Å². The average molecular weight is 305 g/mol. The van der Waals surface area contributed by atoms with Crippen LogP contribution in [-0.2, 0) is 0 Å². The van der Waals surface area contributed by atoms with Crippen LogP contribution in [0.15, 0.2) is 51.8 Å². The van der Waals surface area contributed by atoms with Crippen molar-refractivity contribution in [2.45, 2.75) is 4.90 Å². The minimum absolute atomic E-state index is 0.717. The predicted octanol–water partition coefficient (Wildman–Crippen LogP) is 5.48. The van der Waals surface area contributed by atoms with Crippen LogP contribution >= 0.6 is 23.4 Å². The van der Waals surface area contributed by atoms with Gasteiger partial charge in [-0.3, -0.25) is 0 Å². The first-order valence-corrected chi connectivity index (χ1v) is 7.73. The molecule has 3 rings (SSSR count). The molecule has 1 heterocycles. The number of hydrogen-bond donors (Lipinski definition) is 0. The standard InChI is InChI=1S/C16H13ClO2S/c1-18-12-6-3-10(4-7-12)15-16(20-2)13-9-11(17)5-8-14(13)19-15/h3-9H,1-2H3. The van der Waals surface area contributed by atoms with E-state index in [1.807, 2.05) is 48.7 Å². The van der Waals surface area contributed by atoms with Crippen molar-refractivity contribution in [2.75, 3.05) is 13.4 Å². The zero-order chi connectivity index (χ0) is 14.1. The number of rotatable bonds is 3. The maximum Gasteiger partial charge on any atom is 0.148 e. The fraction of sp³-hybridized carbons (Fsp3) is 0.125. The van der Waals surface area contributed by atoms with E-state index in [4.69, 9.17) is 20.8 Å². The smallest absolute Gasteiger partial charge is 0.148 e. The monoisotopic (exact) mass is 304 g/mol. The maximum absolute atomic E-state index is 6.08. The molecule has 2 aromatic carbocycles. The van der Waals surface area contributed by atoms with Crippen LogP contribution in [0.5, 0.6) is 5.75 Å². The first kappa shape index (κ1) is 13.4. The highest BCUT2D eigenvalue weighted by Gasteiger charge is 2.15. The van der Waals surface area contributed by atoms with E-state index in [0.717, 1.165) is 38.0 Å². The Morgan fingerprint density at radius 2 is 1.85 bits per heavy atom. The normalized spacial score (nSPS) is 10.9. The van der Waals surface area contributed by atoms with E-state index in [9.17, 15) is 0 Å². The van der Waals surface area contributed by atoms with Crippen molar-refractivity contribution >= 4 is 34.3 Å². The van der Waals surface area contributed by atoms with Crippen LogP contribution in [0.2, 0.25) is 5.02 Å². The first-order valence-electron chi connectivity index (χ1n) is 6.13. The Morgan fingerprint density at radius 1 is 1.10 bits per heavy atom. The molecule has 3 aromatic rings. The van der Waals surface area contributed by atoms with Crippen molar-refractivity contribution in [3.63, 3.8) is 0 Å². The predicted molar refractivity (Wildman–Crippen MR) is 85.0 cm³/mol. The number of halogens is 1. The molecule has 0 fully saturated rings. The minimum atomic E-state index is 0.717. The molecule has 0 aliphatic rings. The van der Waals surface area contributed by atoms with E-state index in [1.165, 1.54) is 0 Å². The second kappa shape index (κ2) is 5.43. The van der Waals surface area contributed by atoms with Gasteiger partial charge in [0.2, 0.25) is 0 Å². The summed E-state index contributed by atoms with van der Waals surface area (Å²) < 4.78 is 11.2. The van der Waals surface area contributed by atoms with Crippen LogP contribution in [0, 0.1) is 0 Å². The fourth-order valence-corrected chi connectivity index (χ4v) is 3.08. The van der Waals surface area contributed by atoms with Gasteiger partial charge in [-0.2, -0.15) is 0 Å². The van der Waals surface area contributed by atoms with Crippen LogP contribution in [0.1, 0.15) is 0 Å². The second-order valence-corrected chi connectivity index (χ2v) is 5.59. The van der Waals surface area contributed by atoms with Crippen LogP contribution in [0.25, 0.3) is 22.3 Å². The van der Waals surface area contributed by atoms with Gasteiger partial charge in [0.25, 0.3) is 0 Å². The van der Waals surface area contributed by atoms with Gasteiger partial charge in [-0.15, -0.1) is 11.8 Å². The lowest BCUT2D eigenvalue weighted by atomic mass is 10.1. The SMILES string of the molecule is COc1ccc(-c2oc3ccc(Cl)cc3c2SC)cc1. The van der Waals surface area contributed by atoms with Gasteiger partial charge < -0.3 is 9.15 Å². The number of ether oxygens (including phenoxy) is 1. The third-order valence-corrected chi connectivity index (χ3v) is 4.21. The van der Waals surface area contributed by atoms with E-state index in [2.05, 4.69) is 0 Å². The highest BCUT2D eigenvalue weighted by molar-refractivity contribution is 7.99. The second-order valence-electron chi connectivity index (χ2n) is 4.33. The topological polar surface area (TPSA) is 22.4 Å². The molecule has 4 heteroatoms. The Bertz CT molecular complexity index is 747. The zero-order valence-electron chi connectivity index (χ0n) is 11.1. The van der Waals surface area contributed by atoms with Crippen LogP contribution < -0.4 is 4.74 Å². The molecule has 102 valence electrons. The van der Waals surface area contributed by atoms with Crippen molar-refractivity contribution in [1.82, 2.24) is 0 Å². The van der Waals surface area contributed by atoms with Gasteiger partial charge in [0.05, 0.1) is 12.0 Å². The summed E-state index contributed by atoms with van der Waals surface area (Å²) in [5, 5.41) is 1.77. The number of methoxy groups -OCH3 is 1.